The Morgan fingerprint density at radius 1 is 1.38 bits per heavy atom. The predicted octanol–water partition coefficient (Wildman–Crippen LogP) is 3.42. The fourth-order valence-corrected chi connectivity index (χ4v) is 4.43. The minimum atomic E-state index is -0.877. The van der Waals surface area contributed by atoms with E-state index in [9.17, 15) is 9.90 Å². The van der Waals surface area contributed by atoms with Gasteiger partial charge in [-0.3, -0.25) is 4.79 Å². The summed E-state index contributed by atoms with van der Waals surface area (Å²) in [5, 5.41) is 11.3. The molecule has 24 heavy (non-hydrogen) atoms. The van der Waals surface area contributed by atoms with E-state index >= 15 is 0 Å². The lowest BCUT2D eigenvalue weighted by Crippen LogP contribution is -2.48. The Labute approximate surface area is 147 Å². The Morgan fingerprint density at radius 3 is 2.75 bits per heavy atom. The normalized spacial score (nSPS) is 18.2. The number of amides is 1. The molecule has 3 rings (SSSR count). The Balaban J connectivity index is 1.81. The number of hydrogen-bond acceptors (Lipinski definition) is 4. The molecule has 0 unspecified atom stereocenters. The highest BCUT2D eigenvalue weighted by molar-refractivity contribution is 7.13. The van der Waals surface area contributed by atoms with Crippen molar-refractivity contribution in [2.45, 2.75) is 51.7 Å². The van der Waals surface area contributed by atoms with Gasteiger partial charge in [-0.15, -0.1) is 11.3 Å². The van der Waals surface area contributed by atoms with Crippen LogP contribution in [0.3, 0.4) is 0 Å². The molecule has 0 saturated carbocycles. The molecule has 1 aliphatic heterocycles. The average Bonchev–Trinajstić information content (AvgIpc) is 3.14. The number of aromatic nitrogens is 1. The number of thiazole rings is 1. The summed E-state index contributed by atoms with van der Waals surface area (Å²) in [7, 11) is 0. The first-order chi connectivity index (χ1) is 11.4. The number of carbonyl (C=O) groups excluding carboxylic acids is 1. The number of rotatable bonds is 4. The maximum absolute atomic E-state index is 13.0. The third-order valence-corrected chi connectivity index (χ3v) is 5.71. The van der Waals surface area contributed by atoms with Gasteiger partial charge in [-0.1, -0.05) is 30.3 Å². The maximum atomic E-state index is 13.0. The summed E-state index contributed by atoms with van der Waals surface area (Å²) in [4.78, 5) is 20.1. The standard InChI is InChI=1S/C19H24N2O2S/c1-13-17(18(22)21-11-7-10-15(21)19(2,3)23)24-16(20-13)12-14-8-5-4-6-9-14/h4-6,8-9,15,23H,7,10-12H2,1-3H3/t15-/m1/s1. The molecule has 1 atom stereocenters. The number of benzene rings is 1. The van der Waals surface area contributed by atoms with Crippen molar-refractivity contribution in [1.82, 2.24) is 9.88 Å². The van der Waals surface area contributed by atoms with E-state index in [-0.39, 0.29) is 11.9 Å². The number of aryl methyl sites for hydroxylation is 1. The van der Waals surface area contributed by atoms with Gasteiger partial charge in [0.1, 0.15) is 4.88 Å². The Kier molecular flexibility index (Phi) is 4.74. The molecule has 1 aromatic heterocycles. The van der Waals surface area contributed by atoms with Gasteiger partial charge in [0.25, 0.3) is 5.91 Å². The Bertz CT molecular complexity index is 719. The molecule has 1 saturated heterocycles. The van der Waals surface area contributed by atoms with Crippen LogP contribution in [0.25, 0.3) is 0 Å². The van der Waals surface area contributed by atoms with E-state index < -0.39 is 5.60 Å². The van der Waals surface area contributed by atoms with Gasteiger partial charge in [0, 0.05) is 13.0 Å². The van der Waals surface area contributed by atoms with Crippen molar-refractivity contribution in [3.8, 4) is 0 Å². The average molecular weight is 344 g/mol. The topological polar surface area (TPSA) is 53.4 Å². The monoisotopic (exact) mass is 344 g/mol. The van der Waals surface area contributed by atoms with E-state index in [1.807, 2.05) is 30.0 Å². The molecule has 5 heteroatoms. The number of aliphatic hydroxyl groups is 1. The van der Waals surface area contributed by atoms with Crippen molar-refractivity contribution in [2.75, 3.05) is 6.54 Å². The molecule has 4 nitrogen and oxygen atoms in total. The first-order valence-corrected chi connectivity index (χ1v) is 9.21. The minimum Gasteiger partial charge on any atom is -0.388 e. The van der Waals surface area contributed by atoms with E-state index in [1.54, 1.807) is 13.8 Å². The highest BCUT2D eigenvalue weighted by Gasteiger charge is 2.39. The Morgan fingerprint density at radius 2 is 2.08 bits per heavy atom. The number of carbonyl (C=O) groups is 1. The minimum absolute atomic E-state index is 0.00827. The second kappa shape index (κ2) is 6.65. The van der Waals surface area contributed by atoms with Crippen molar-refractivity contribution in [1.29, 1.82) is 0 Å². The van der Waals surface area contributed by atoms with Gasteiger partial charge >= 0.3 is 0 Å². The van der Waals surface area contributed by atoms with E-state index in [0.717, 1.165) is 30.0 Å². The predicted molar refractivity (Wildman–Crippen MR) is 96.5 cm³/mol. The highest BCUT2D eigenvalue weighted by Crippen LogP contribution is 2.30. The molecule has 2 heterocycles. The van der Waals surface area contributed by atoms with E-state index in [4.69, 9.17) is 0 Å². The summed E-state index contributed by atoms with van der Waals surface area (Å²) in [5.74, 6) is 0.00827. The van der Waals surface area contributed by atoms with Crippen molar-refractivity contribution in [2.24, 2.45) is 0 Å². The third-order valence-electron chi connectivity index (χ3n) is 4.56. The second-order valence-electron chi connectivity index (χ2n) is 6.99. The van der Waals surface area contributed by atoms with Crippen LogP contribution < -0.4 is 0 Å². The maximum Gasteiger partial charge on any atom is 0.266 e. The first-order valence-electron chi connectivity index (χ1n) is 8.40. The molecule has 0 spiro atoms. The van der Waals surface area contributed by atoms with Gasteiger partial charge in [0.15, 0.2) is 0 Å². The lowest BCUT2D eigenvalue weighted by atomic mass is 9.96. The van der Waals surface area contributed by atoms with Crippen LogP contribution in [0, 0.1) is 6.92 Å². The summed E-state index contributed by atoms with van der Waals surface area (Å²) in [6, 6.07) is 10.0. The summed E-state index contributed by atoms with van der Waals surface area (Å²) >= 11 is 1.48. The van der Waals surface area contributed by atoms with Gasteiger partial charge in [-0.2, -0.15) is 0 Å². The van der Waals surface area contributed by atoms with Crippen LogP contribution in [-0.4, -0.2) is 39.1 Å². The summed E-state index contributed by atoms with van der Waals surface area (Å²) in [6.45, 7) is 6.17. The molecule has 128 valence electrons. The SMILES string of the molecule is Cc1nc(Cc2ccccc2)sc1C(=O)N1CCC[C@@H]1C(C)(C)O. The Hall–Kier alpha value is -1.72. The smallest absolute Gasteiger partial charge is 0.266 e. The lowest BCUT2D eigenvalue weighted by Gasteiger charge is -2.33. The first kappa shape index (κ1) is 17.1. The van der Waals surface area contributed by atoms with Gasteiger partial charge in [0.05, 0.1) is 22.3 Å². The molecule has 0 aliphatic carbocycles. The molecular formula is C19H24N2O2S. The molecule has 2 aromatic rings. The fourth-order valence-electron chi connectivity index (χ4n) is 3.37. The van der Waals surface area contributed by atoms with E-state index in [1.165, 1.54) is 16.9 Å². The van der Waals surface area contributed by atoms with Crippen LogP contribution in [0.15, 0.2) is 30.3 Å². The second-order valence-corrected chi connectivity index (χ2v) is 8.08. The van der Waals surface area contributed by atoms with Crippen molar-refractivity contribution < 1.29 is 9.90 Å². The lowest BCUT2D eigenvalue weighted by molar-refractivity contribution is 0.000479. The van der Waals surface area contributed by atoms with Crippen LogP contribution in [0.2, 0.25) is 0 Å². The van der Waals surface area contributed by atoms with Crippen molar-refractivity contribution in [3.63, 3.8) is 0 Å². The zero-order valence-corrected chi connectivity index (χ0v) is 15.3. The zero-order valence-electron chi connectivity index (χ0n) is 14.5. The molecular weight excluding hydrogens is 320 g/mol. The number of nitrogens with zero attached hydrogens (tertiary/aromatic N) is 2. The fraction of sp³-hybridized carbons (Fsp3) is 0.474. The van der Waals surface area contributed by atoms with Crippen LogP contribution in [0.4, 0.5) is 0 Å². The summed E-state index contributed by atoms with van der Waals surface area (Å²) in [5.41, 5.74) is 1.11. The zero-order chi connectivity index (χ0) is 17.3. The summed E-state index contributed by atoms with van der Waals surface area (Å²) in [6.07, 6.45) is 2.54. The van der Waals surface area contributed by atoms with Gasteiger partial charge in [0.2, 0.25) is 0 Å². The van der Waals surface area contributed by atoms with Crippen molar-refractivity contribution >= 4 is 17.2 Å². The van der Waals surface area contributed by atoms with E-state index in [2.05, 4.69) is 17.1 Å². The van der Waals surface area contributed by atoms with E-state index in [0.29, 0.717) is 11.4 Å². The molecule has 1 N–H and O–H groups in total. The van der Waals surface area contributed by atoms with Crippen LogP contribution in [0.1, 0.15) is 52.6 Å². The van der Waals surface area contributed by atoms with Gasteiger partial charge < -0.3 is 10.0 Å². The van der Waals surface area contributed by atoms with Crippen LogP contribution >= 0.6 is 11.3 Å². The van der Waals surface area contributed by atoms with Gasteiger partial charge in [-0.05, 0) is 39.2 Å². The van der Waals surface area contributed by atoms with Gasteiger partial charge in [-0.25, -0.2) is 4.98 Å². The largest absolute Gasteiger partial charge is 0.388 e. The highest BCUT2D eigenvalue weighted by atomic mass is 32.1. The molecule has 1 aromatic carbocycles. The van der Waals surface area contributed by atoms with Crippen LogP contribution in [-0.2, 0) is 6.42 Å². The molecule has 1 fully saturated rings. The molecule has 0 bridgehead atoms. The summed E-state index contributed by atoms with van der Waals surface area (Å²) < 4.78 is 0. The van der Waals surface area contributed by atoms with Crippen molar-refractivity contribution in [3.05, 3.63) is 51.5 Å². The molecule has 1 amide bonds. The number of likely N-dealkylation sites (tertiary alicyclic amines) is 1. The molecule has 1 aliphatic rings. The molecule has 0 radical (unpaired) electrons. The third kappa shape index (κ3) is 3.52. The quantitative estimate of drug-likeness (QED) is 0.925. The number of hydrogen-bond donors (Lipinski definition) is 1. The van der Waals surface area contributed by atoms with Crippen LogP contribution in [0.5, 0.6) is 0 Å².